The zero-order valence-electron chi connectivity index (χ0n) is 11.3. The molecule has 1 heteroatoms. The molecule has 0 saturated carbocycles. The van der Waals surface area contributed by atoms with Crippen molar-refractivity contribution in [2.45, 2.75) is 53.4 Å². The van der Waals surface area contributed by atoms with E-state index in [0.717, 1.165) is 17.8 Å². The largest absolute Gasteiger partial charge is 0.131 e. The van der Waals surface area contributed by atoms with Crippen molar-refractivity contribution in [1.82, 2.24) is 0 Å². The van der Waals surface area contributed by atoms with Gasteiger partial charge in [-0.25, -0.2) is 0 Å². The van der Waals surface area contributed by atoms with E-state index in [1.54, 1.807) is 4.91 Å². The highest BCUT2D eigenvalue weighted by Crippen LogP contribution is 2.52. The van der Waals surface area contributed by atoms with Crippen LogP contribution < -0.4 is 0 Å². The molecule has 1 saturated heterocycles. The normalized spacial score (nSPS) is 43.8. The van der Waals surface area contributed by atoms with E-state index in [1.165, 1.54) is 31.4 Å². The van der Waals surface area contributed by atoms with Crippen molar-refractivity contribution in [3.05, 3.63) is 11.0 Å². The highest BCUT2D eigenvalue weighted by atomic mass is 32.2. The lowest BCUT2D eigenvalue weighted by atomic mass is 9.60. The SMILES string of the molecule is CCC1C2CCC(=CC(C)C1(C)CC)SC2. The van der Waals surface area contributed by atoms with E-state index in [1.807, 2.05) is 0 Å². The molecule has 0 amide bonds. The Labute approximate surface area is 105 Å². The second kappa shape index (κ2) is 4.76. The van der Waals surface area contributed by atoms with Gasteiger partial charge in [0.2, 0.25) is 0 Å². The summed E-state index contributed by atoms with van der Waals surface area (Å²) < 4.78 is 0. The summed E-state index contributed by atoms with van der Waals surface area (Å²) in [6.07, 6.45) is 8.09. The van der Waals surface area contributed by atoms with Crippen molar-refractivity contribution in [3.63, 3.8) is 0 Å². The fourth-order valence-corrected chi connectivity index (χ4v) is 5.26. The Morgan fingerprint density at radius 1 is 1.44 bits per heavy atom. The van der Waals surface area contributed by atoms with Gasteiger partial charge in [-0.3, -0.25) is 0 Å². The second-order valence-corrected chi connectivity index (χ2v) is 7.05. The number of hydrogen-bond donors (Lipinski definition) is 0. The molecule has 4 atom stereocenters. The van der Waals surface area contributed by atoms with Crippen LogP contribution in [-0.2, 0) is 0 Å². The number of fused-ring (bicyclic) bond motifs is 5. The molecule has 3 aliphatic rings. The predicted octanol–water partition coefficient (Wildman–Crippen LogP) is 5.11. The van der Waals surface area contributed by atoms with Crippen LogP contribution in [0.1, 0.15) is 53.4 Å². The summed E-state index contributed by atoms with van der Waals surface area (Å²) in [5.74, 6) is 4.04. The summed E-state index contributed by atoms with van der Waals surface area (Å²) >= 11 is 2.14. The molecule has 0 spiro atoms. The molecule has 0 radical (unpaired) electrons. The van der Waals surface area contributed by atoms with Crippen molar-refractivity contribution in [1.29, 1.82) is 0 Å². The van der Waals surface area contributed by atoms with E-state index in [0.29, 0.717) is 5.41 Å². The zero-order chi connectivity index (χ0) is 11.8. The minimum Gasteiger partial charge on any atom is -0.131 e. The van der Waals surface area contributed by atoms with Crippen molar-refractivity contribution in [3.8, 4) is 0 Å². The van der Waals surface area contributed by atoms with Crippen LogP contribution >= 0.6 is 11.8 Å². The minimum atomic E-state index is 0.534. The predicted molar refractivity (Wildman–Crippen MR) is 74.6 cm³/mol. The van der Waals surface area contributed by atoms with Gasteiger partial charge in [-0.05, 0) is 47.3 Å². The van der Waals surface area contributed by atoms with Gasteiger partial charge in [0.15, 0.2) is 0 Å². The molecule has 0 N–H and O–H groups in total. The van der Waals surface area contributed by atoms with Crippen LogP contribution in [0.2, 0.25) is 0 Å². The van der Waals surface area contributed by atoms with Crippen LogP contribution in [0.5, 0.6) is 0 Å². The molecule has 0 nitrogen and oxygen atoms in total. The standard InChI is InChI=1S/C15H26S/c1-5-14-12-7-8-13(16-10-12)9-11(3)15(14,4)6-2/h9,11-12,14H,5-8,10H2,1-4H3. The van der Waals surface area contributed by atoms with Gasteiger partial charge < -0.3 is 0 Å². The van der Waals surface area contributed by atoms with Crippen LogP contribution in [0.25, 0.3) is 0 Å². The number of thioether (sulfide) groups is 1. The van der Waals surface area contributed by atoms with Crippen LogP contribution in [0.3, 0.4) is 0 Å². The van der Waals surface area contributed by atoms with E-state index in [9.17, 15) is 0 Å². The quantitative estimate of drug-likeness (QED) is 0.644. The maximum absolute atomic E-state index is 2.59. The van der Waals surface area contributed by atoms with Crippen molar-refractivity contribution >= 4 is 11.8 Å². The molecular weight excluding hydrogens is 212 g/mol. The number of hydrogen-bond acceptors (Lipinski definition) is 1. The first-order valence-electron chi connectivity index (χ1n) is 6.95. The summed E-state index contributed by atoms with van der Waals surface area (Å²) in [5, 5.41) is 0. The molecule has 2 heterocycles. The topological polar surface area (TPSA) is 0 Å². The summed E-state index contributed by atoms with van der Waals surface area (Å²) in [4.78, 5) is 1.68. The van der Waals surface area contributed by atoms with Gasteiger partial charge >= 0.3 is 0 Å². The van der Waals surface area contributed by atoms with E-state index in [4.69, 9.17) is 0 Å². The molecule has 0 aromatic rings. The van der Waals surface area contributed by atoms with E-state index in [2.05, 4.69) is 45.5 Å². The van der Waals surface area contributed by atoms with Gasteiger partial charge in [0.1, 0.15) is 0 Å². The van der Waals surface area contributed by atoms with Crippen molar-refractivity contribution in [2.75, 3.05) is 5.75 Å². The Morgan fingerprint density at radius 2 is 2.19 bits per heavy atom. The van der Waals surface area contributed by atoms with Crippen LogP contribution in [0, 0.1) is 23.2 Å². The lowest BCUT2D eigenvalue weighted by Gasteiger charge is -2.48. The Bertz CT molecular complexity index is 271. The highest BCUT2D eigenvalue weighted by Gasteiger charge is 2.42. The van der Waals surface area contributed by atoms with Crippen molar-refractivity contribution in [2.24, 2.45) is 23.2 Å². The third kappa shape index (κ3) is 1.96. The molecule has 4 unspecified atom stereocenters. The lowest BCUT2D eigenvalue weighted by Crippen LogP contribution is -2.40. The molecule has 92 valence electrons. The lowest BCUT2D eigenvalue weighted by molar-refractivity contribution is 0.0679. The Balaban J connectivity index is 2.37. The summed E-state index contributed by atoms with van der Waals surface area (Å²) in [6.45, 7) is 9.77. The molecule has 2 bridgehead atoms. The first-order chi connectivity index (χ1) is 7.61. The average Bonchev–Trinajstić information content (AvgIpc) is 2.30. The van der Waals surface area contributed by atoms with E-state index < -0.39 is 0 Å². The third-order valence-corrected chi connectivity index (χ3v) is 6.64. The van der Waals surface area contributed by atoms with Crippen LogP contribution in [0.4, 0.5) is 0 Å². The van der Waals surface area contributed by atoms with E-state index >= 15 is 0 Å². The zero-order valence-corrected chi connectivity index (χ0v) is 12.1. The summed E-state index contributed by atoms with van der Waals surface area (Å²) in [5.41, 5.74) is 0.534. The molecule has 1 aliphatic carbocycles. The van der Waals surface area contributed by atoms with Gasteiger partial charge in [-0.1, -0.05) is 40.2 Å². The summed E-state index contributed by atoms with van der Waals surface area (Å²) in [6, 6.07) is 0. The van der Waals surface area contributed by atoms with E-state index in [-0.39, 0.29) is 0 Å². The van der Waals surface area contributed by atoms with Crippen LogP contribution in [0.15, 0.2) is 11.0 Å². The number of allylic oxidation sites excluding steroid dienone is 2. The van der Waals surface area contributed by atoms with Crippen molar-refractivity contribution < 1.29 is 0 Å². The fourth-order valence-electron chi connectivity index (χ4n) is 3.88. The van der Waals surface area contributed by atoms with Gasteiger partial charge in [0.25, 0.3) is 0 Å². The maximum atomic E-state index is 2.59. The molecule has 2 aliphatic heterocycles. The van der Waals surface area contributed by atoms with Gasteiger partial charge in [0, 0.05) is 5.75 Å². The van der Waals surface area contributed by atoms with Gasteiger partial charge in [0.05, 0.1) is 0 Å². The fraction of sp³-hybridized carbons (Fsp3) is 0.867. The van der Waals surface area contributed by atoms with Gasteiger partial charge in [-0.15, -0.1) is 11.8 Å². The van der Waals surface area contributed by atoms with Gasteiger partial charge in [-0.2, -0.15) is 0 Å². The maximum Gasteiger partial charge on any atom is 0.000801 e. The number of rotatable bonds is 2. The third-order valence-electron chi connectivity index (χ3n) is 5.34. The Morgan fingerprint density at radius 3 is 2.69 bits per heavy atom. The Kier molecular flexibility index (Phi) is 3.73. The Hall–Kier alpha value is 0.0900. The molecular formula is C15H26S. The summed E-state index contributed by atoms with van der Waals surface area (Å²) in [7, 11) is 0. The second-order valence-electron chi connectivity index (χ2n) is 5.91. The first-order valence-corrected chi connectivity index (χ1v) is 7.93. The monoisotopic (exact) mass is 238 g/mol. The molecule has 3 rings (SSSR count). The van der Waals surface area contributed by atoms with Crippen LogP contribution in [-0.4, -0.2) is 5.75 Å². The molecule has 1 fully saturated rings. The minimum absolute atomic E-state index is 0.534. The highest BCUT2D eigenvalue weighted by molar-refractivity contribution is 8.03. The molecule has 16 heavy (non-hydrogen) atoms. The average molecular weight is 238 g/mol. The molecule has 0 aromatic carbocycles. The first kappa shape index (κ1) is 12.5. The smallest absolute Gasteiger partial charge is 0.000801 e. The molecule has 0 aromatic heterocycles.